The van der Waals surface area contributed by atoms with Crippen LogP contribution in [0.3, 0.4) is 0 Å². The Morgan fingerprint density at radius 1 is 1.69 bits per heavy atom. The first kappa shape index (κ1) is 8.72. The van der Waals surface area contributed by atoms with Crippen molar-refractivity contribution in [1.82, 2.24) is 5.32 Å². The summed E-state index contributed by atoms with van der Waals surface area (Å²) in [6, 6.07) is 1.93. The van der Waals surface area contributed by atoms with Crippen molar-refractivity contribution in [2.45, 2.75) is 18.9 Å². The lowest BCUT2D eigenvalue weighted by Gasteiger charge is -2.09. The Bertz CT molecular complexity index is 278. The molecule has 0 aliphatic carbocycles. The zero-order valence-corrected chi connectivity index (χ0v) is 8.06. The third kappa shape index (κ3) is 2.08. The molecule has 0 spiro atoms. The molecule has 1 unspecified atom stereocenters. The Labute approximate surface area is 81.2 Å². The molecule has 0 saturated carbocycles. The van der Waals surface area contributed by atoms with Gasteiger partial charge in [0.25, 0.3) is 0 Å². The van der Waals surface area contributed by atoms with Crippen LogP contribution in [0.25, 0.3) is 0 Å². The number of hydrogen-bond acceptors (Lipinski definition) is 3. The van der Waals surface area contributed by atoms with Gasteiger partial charge in [0.2, 0.25) is 5.91 Å². The predicted molar refractivity (Wildman–Crippen MR) is 54.0 cm³/mol. The minimum atomic E-state index is 0.0138. The molecular weight excluding hydrogens is 184 g/mol. The van der Waals surface area contributed by atoms with Crippen molar-refractivity contribution in [3.05, 3.63) is 16.8 Å². The van der Waals surface area contributed by atoms with E-state index in [1.54, 1.807) is 11.3 Å². The number of rotatable bonds is 2. The van der Waals surface area contributed by atoms with Crippen molar-refractivity contribution in [3.8, 4) is 0 Å². The summed E-state index contributed by atoms with van der Waals surface area (Å²) in [5.74, 6) is 0.0934. The summed E-state index contributed by atoms with van der Waals surface area (Å²) in [5, 5.41) is 9.93. The summed E-state index contributed by atoms with van der Waals surface area (Å²) in [7, 11) is 0. The number of nitrogens with one attached hydrogen (secondary N) is 2. The summed E-state index contributed by atoms with van der Waals surface area (Å²) < 4.78 is 0. The Balaban J connectivity index is 1.91. The van der Waals surface area contributed by atoms with Crippen LogP contribution in [0.1, 0.15) is 12.8 Å². The minimum Gasteiger partial charge on any atom is -0.324 e. The molecule has 13 heavy (non-hydrogen) atoms. The van der Waals surface area contributed by atoms with Crippen LogP contribution in [0.15, 0.2) is 16.8 Å². The predicted octanol–water partition coefficient (Wildman–Crippen LogP) is 1.44. The molecule has 0 bridgehead atoms. The number of amides is 1. The first-order chi connectivity index (χ1) is 6.36. The number of carbonyl (C=O) groups excluding carboxylic acids is 1. The fraction of sp³-hybridized carbons (Fsp3) is 0.444. The molecule has 1 aliphatic rings. The molecule has 2 rings (SSSR count). The van der Waals surface area contributed by atoms with Crippen molar-refractivity contribution in [1.29, 1.82) is 0 Å². The summed E-state index contributed by atoms with van der Waals surface area (Å²) in [5.41, 5.74) is 0.906. The van der Waals surface area contributed by atoms with Crippen LogP contribution in [0, 0.1) is 0 Å². The van der Waals surface area contributed by atoms with Gasteiger partial charge in [-0.15, -0.1) is 0 Å². The molecule has 2 heterocycles. The van der Waals surface area contributed by atoms with Crippen LogP contribution in [0.2, 0.25) is 0 Å². The van der Waals surface area contributed by atoms with Gasteiger partial charge in [-0.1, -0.05) is 0 Å². The van der Waals surface area contributed by atoms with Crippen molar-refractivity contribution < 1.29 is 4.79 Å². The molecule has 4 heteroatoms. The van der Waals surface area contributed by atoms with E-state index in [-0.39, 0.29) is 11.9 Å². The van der Waals surface area contributed by atoms with Crippen LogP contribution >= 0.6 is 11.3 Å². The molecule has 1 aromatic heterocycles. The van der Waals surface area contributed by atoms with E-state index in [1.165, 1.54) is 0 Å². The third-order valence-corrected chi connectivity index (χ3v) is 2.85. The highest BCUT2D eigenvalue weighted by atomic mass is 32.1. The Morgan fingerprint density at radius 2 is 2.62 bits per heavy atom. The van der Waals surface area contributed by atoms with Crippen molar-refractivity contribution in [2.75, 3.05) is 11.9 Å². The number of anilines is 1. The van der Waals surface area contributed by atoms with E-state index < -0.39 is 0 Å². The maximum Gasteiger partial charge on any atom is 0.241 e. The molecular formula is C9H12N2OS. The summed E-state index contributed by atoms with van der Waals surface area (Å²) in [4.78, 5) is 11.5. The standard InChI is InChI=1S/C9H12N2OS/c12-9(8-2-1-4-10-8)11-7-3-5-13-6-7/h3,5-6,8,10H,1-2,4H2,(H,11,12). The van der Waals surface area contributed by atoms with Crippen LogP contribution in [-0.4, -0.2) is 18.5 Å². The van der Waals surface area contributed by atoms with E-state index in [0.29, 0.717) is 0 Å². The third-order valence-electron chi connectivity index (χ3n) is 2.17. The van der Waals surface area contributed by atoms with Crippen LogP contribution < -0.4 is 10.6 Å². The number of hydrogen-bond donors (Lipinski definition) is 2. The van der Waals surface area contributed by atoms with Gasteiger partial charge in [-0.3, -0.25) is 4.79 Å². The van der Waals surface area contributed by atoms with Gasteiger partial charge in [-0.2, -0.15) is 11.3 Å². The lowest BCUT2D eigenvalue weighted by Crippen LogP contribution is -2.35. The molecule has 1 aliphatic heterocycles. The monoisotopic (exact) mass is 196 g/mol. The Morgan fingerprint density at radius 3 is 3.23 bits per heavy atom. The van der Waals surface area contributed by atoms with Gasteiger partial charge in [0.1, 0.15) is 0 Å². The summed E-state index contributed by atoms with van der Waals surface area (Å²) in [6.07, 6.45) is 2.05. The smallest absolute Gasteiger partial charge is 0.241 e. The van der Waals surface area contributed by atoms with E-state index in [2.05, 4.69) is 10.6 Å². The van der Waals surface area contributed by atoms with Gasteiger partial charge in [-0.25, -0.2) is 0 Å². The van der Waals surface area contributed by atoms with Gasteiger partial charge in [0.05, 0.1) is 11.7 Å². The lowest BCUT2D eigenvalue weighted by molar-refractivity contribution is -0.117. The molecule has 2 N–H and O–H groups in total. The van der Waals surface area contributed by atoms with Crippen LogP contribution in [0.4, 0.5) is 5.69 Å². The molecule has 70 valence electrons. The van der Waals surface area contributed by atoms with E-state index in [4.69, 9.17) is 0 Å². The highest BCUT2D eigenvalue weighted by Crippen LogP contribution is 2.13. The fourth-order valence-electron chi connectivity index (χ4n) is 1.47. The van der Waals surface area contributed by atoms with Gasteiger partial charge in [0.15, 0.2) is 0 Å². The molecule has 1 aromatic rings. The molecule has 1 amide bonds. The Kier molecular flexibility index (Phi) is 2.61. The summed E-state index contributed by atoms with van der Waals surface area (Å²) >= 11 is 1.59. The largest absolute Gasteiger partial charge is 0.324 e. The second kappa shape index (κ2) is 3.89. The van der Waals surface area contributed by atoms with Gasteiger partial charge in [-0.05, 0) is 30.8 Å². The highest BCUT2D eigenvalue weighted by molar-refractivity contribution is 7.08. The van der Waals surface area contributed by atoms with E-state index in [9.17, 15) is 4.79 Å². The van der Waals surface area contributed by atoms with Gasteiger partial charge in [0, 0.05) is 5.38 Å². The first-order valence-corrected chi connectivity index (χ1v) is 5.37. The first-order valence-electron chi connectivity index (χ1n) is 4.43. The van der Waals surface area contributed by atoms with Crippen LogP contribution in [-0.2, 0) is 4.79 Å². The van der Waals surface area contributed by atoms with Gasteiger partial charge >= 0.3 is 0 Å². The topological polar surface area (TPSA) is 41.1 Å². The molecule has 0 radical (unpaired) electrons. The van der Waals surface area contributed by atoms with Gasteiger partial charge < -0.3 is 10.6 Å². The number of carbonyl (C=O) groups is 1. The van der Waals surface area contributed by atoms with Crippen LogP contribution in [0.5, 0.6) is 0 Å². The van der Waals surface area contributed by atoms with E-state index >= 15 is 0 Å². The van der Waals surface area contributed by atoms with Crippen molar-refractivity contribution >= 4 is 22.9 Å². The van der Waals surface area contributed by atoms with Crippen molar-refractivity contribution in [3.63, 3.8) is 0 Å². The van der Waals surface area contributed by atoms with E-state index in [1.807, 2.05) is 16.8 Å². The molecule has 3 nitrogen and oxygen atoms in total. The minimum absolute atomic E-state index is 0.0138. The maximum atomic E-state index is 11.5. The van der Waals surface area contributed by atoms with Crippen molar-refractivity contribution in [2.24, 2.45) is 0 Å². The molecule has 1 saturated heterocycles. The molecule has 1 atom stereocenters. The Hall–Kier alpha value is -0.870. The maximum absolute atomic E-state index is 11.5. The molecule has 1 fully saturated rings. The SMILES string of the molecule is O=C(Nc1ccsc1)C1CCCN1. The molecule has 0 aromatic carbocycles. The van der Waals surface area contributed by atoms with E-state index in [0.717, 1.165) is 25.1 Å². The summed E-state index contributed by atoms with van der Waals surface area (Å²) in [6.45, 7) is 0.960. The zero-order valence-electron chi connectivity index (χ0n) is 7.25. The number of thiophene rings is 1. The quantitative estimate of drug-likeness (QED) is 0.751. The zero-order chi connectivity index (χ0) is 9.10. The average molecular weight is 196 g/mol. The highest BCUT2D eigenvalue weighted by Gasteiger charge is 2.21. The lowest BCUT2D eigenvalue weighted by atomic mass is 10.2. The second-order valence-corrected chi connectivity index (χ2v) is 3.93. The average Bonchev–Trinajstić information content (AvgIpc) is 2.74. The second-order valence-electron chi connectivity index (χ2n) is 3.15. The fourth-order valence-corrected chi connectivity index (χ4v) is 2.06. The normalized spacial score (nSPS) is 21.7.